The molecule has 0 amide bonds. The predicted molar refractivity (Wildman–Crippen MR) is 79.9 cm³/mol. The SMILES string of the molecule is CC(C)CNCc1coc(N(C)CC2CCOCC2)n1. The van der Waals surface area contributed by atoms with Crippen molar-refractivity contribution >= 4 is 6.01 Å². The van der Waals surface area contributed by atoms with E-state index in [1.807, 2.05) is 7.05 Å². The van der Waals surface area contributed by atoms with Crippen LogP contribution in [0.3, 0.4) is 0 Å². The Morgan fingerprint density at radius 3 is 2.85 bits per heavy atom. The number of hydrogen-bond acceptors (Lipinski definition) is 5. The Bertz CT molecular complexity index is 386. The monoisotopic (exact) mass is 281 g/mol. The molecule has 0 bridgehead atoms. The van der Waals surface area contributed by atoms with E-state index in [0.717, 1.165) is 57.4 Å². The predicted octanol–water partition coefficient (Wildman–Crippen LogP) is 2.28. The Morgan fingerprint density at radius 2 is 2.15 bits per heavy atom. The standard InChI is InChI=1S/C15H27N3O2/c1-12(2)8-16-9-14-11-20-15(17-14)18(3)10-13-4-6-19-7-5-13/h11-13,16H,4-10H2,1-3H3. The van der Waals surface area contributed by atoms with Gasteiger partial charge in [-0.1, -0.05) is 13.8 Å². The van der Waals surface area contributed by atoms with E-state index in [9.17, 15) is 0 Å². The van der Waals surface area contributed by atoms with Crippen LogP contribution in [0.2, 0.25) is 0 Å². The van der Waals surface area contributed by atoms with E-state index in [4.69, 9.17) is 9.15 Å². The van der Waals surface area contributed by atoms with Crippen LogP contribution in [-0.4, -0.2) is 38.3 Å². The highest BCUT2D eigenvalue weighted by molar-refractivity contribution is 5.25. The fourth-order valence-electron chi connectivity index (χ4n) is 2.44. The van der Waals surface area contributed by atoms with Gasteiger partial charge in [0.05, 0.1) is 5.69 Å². The summed E-state index contributed by atoms with van der Waals surface area (Å²) in [5.74, 6) is 1.33. The third-order valence-corrected chi connectivity index (χ3v) is 3.60. The second-order valence-corrected chi connectivity index (χ2v) is 6.08. The first-order valence-electron chi connectivity index (χ1n) is 7.59. The summed E-state index contributed by atoms with van der Waals surface area (Å²) in [4.78, 5) is 6.65. The van der Waals surface area contributed by atoms with Crippen molar-refractivity contribution in [2.45, 2.75) is 33.2 Å². The van der Waals surface area contributed by atoms with Gasteiger partial charge in [0.25, 0.3) is 6.01 Å². The quantitative estimate of drug-likeness (QED) is 0.831. The van der Waals surface area contributed by atoms with E-state index in [-0.39, 0.29) is 0 Å². The number of nitrogens with zero attached hydrogens (tertiary/aromatic N) is 2. The number of hydrogen-bond donors (Lipinski definition) is 1. The number of nitrogens with one attached hydrogen (secondary N) is 1. The van der Waals surface area contributed by atoms with Crippen molar-refractivity contribution < 1.29 is 9.15 Å². The van der Waals surface area contributed by atoms with Crippen molar-refractivity contribution in [2.75, 3.05) is 38.3 Å². The molecule has 0 aromatic carbocycles. The molecule has 0 aliphatic carbocycles. The molecule has 1 saturated heterocycles. The summed E-state index contributed by atoms with van der Waals surface area (Å²) >= 11 is 0. The van der Waals surface area contributed by atoms with Crippen LogP contribution >= 0.6 is 0 Å². The molecule has 114 valence electrons. The normalized spacial score (nSPS) is 16.8. The zero-order valence-corrected chi connectivity index (χ0v) is 12.9. The van der Waals surface area contributed by atoms with Crippen LogP contribution in [0.1, 0.15) is 32.4 Å². The summed E-state index contributed by atoms with van der Waals surface area (Å²) in [6.07, 6.45) is 4.02. The lowest BCUT2D eigenvalue weighted by atomic mass is 10.0. The highest BCUT2D eigenvalue weighted by Crippen LogP contribution is 2.19. The Labute approximate surface area is 121 Å². The highest BCUT2D eigenvalue weighted by Gasteiger charge is 2.18. The minimum Gasteiger partial charge on any atom is -0.432 e. The zero-order valence-electron chi connectivity index (χ0n) is 12.9. The van der Waals surface area contributed by atoms with Crippen LogP contribution in [0.4, 0.5) is 6.01 Å². The van der Waals surface area contributed by atoms with E-state index in [1.54, 1.807) is 6.26 Å². The van der Waals surface area contributed by atoms with Crippen molar-refractivity contribution in [3.63, 3.8) is 0 Å². The Hall–Kier alpha value is -1.07. The van der Waals surface area contributed by atoms with Gasteiger partial charge < -0.3 is 19.4 Å². The molecular weight excluding hydrogens is 254 g/mol. The zero-order chi connectivity index (χ0) is 14.4. The number of oxazole rings is 1. The second kappa shape index (κ2) is 7.64. The second-order valence-electron chi connectivity index (χ2n) is 6.08. The average Bonchev–Trinajstić information content (AvgIpc) is 2.88. The molecule has 1 aliphatic heterocycles. The first kappa shape index (κ1) is 15.3. The Kier molecular flexibility index (Phi) is 5.86. The molecule has 0 atom stereocenters. The molecule has 5 heteroatoms. The lowest BCUT2D eigenvalue weighted by Crippen LogP contribution is -2.29. The van der Waals surface area contributed by atoms with Gasteiger partial charge in [0.2, 0.25) is 0 Å². The molecule has 20 heavy (non-hydrogen) atoms. The van der Waals surface area contributed by atoms with Crippen molar-refractivity contribution in [3.8, 4) is 0 Å². The fourth-order valence-corrected chi connectivity index (χ4v) is 2.44. The smallest absolute Gasteiger partial charge is 0.297 e. The van der Waals surface area contributed by atoms with E-state index < -0.39 is 0 Å². The molecule has 1 N–H and O–H groups in total. The largest absolute Gasteiger partial charge is 0.432 e. The van der Waals surface area contributed by atoms with Crippen molar-refractivity contribution in [1.29, 1.82) is 0 Å². The lowest BCUT2D eigenvalue weighted by Gasteiger charge is -2.26. The van der Waals surface area contributed by atoms with Gasteiger partial charge in [-0.3, -0.25) is 0 Å². The van der Waals surface area contributed by atoms with E-state index in [0.29, 0.717) is 11.8 Å². The summed E-state index contributed by atoms with van der Waals surface area (Å²) in [6, 6.07) is 0.720. The van der Waals surface area contributed by atoms with E-state index in [2.05, 4.69) is 29.0 Å². The number of aromatic nitrogens is 1. The fraction of sp³-hybridized carbons (Fsp3) is 0.800. The van der Waals surface area contributed by atoms with E-state index in [1.165, 1.54) is 0 Å². The Balaban J connectivity index is 1.78. The van der Waals surface area contributed by atoms with Crippen LogP contribution in [0, 0.1) is 11.8 Å². The van der Waals surface area contributed by atoms with E-state index >= 15 is 0 Å². The van der Waals surface area contributed by atoms with Crippen LogP contribution < -0.4 is 10.2 Å². The van der Waals surface area contributed by atoms with Gasteiger partial charge >= 0.3 is 0 Å². The van der Waals surface area contributed by atoms with Crippen molar-refractivity contribution in [2.24, 2.45) is 11.8 Å². The highest BCUT2D eigenvalue weighted by atomic mass is 16.5. The Morgan fingerprint density at radius 1 is 1.40 bits per heavy atom. The van der Waals surface area contributed by atoms with Crippen LogP contribution in [0.5, 0.6) is 0 Å². The molecule has 0 saturated carbocycles. The first-order valence-corrected chi connectivity index (χ1v) is 7.59. The summed E-state index contributed by atoms with van der Waals surface area (Å²) in [5.41, 5.74) is 0.972. The molecule has 5 nitrogen and oxygen atoms in total. The molecular formula is C15H27N3O2. The number of ether oxygens (including phenoxy) is 1. The molecule has 0 radical (unpaired) electrons. The van der Waals surface area contributed by atoms with Gasteiger partial charge in [-0.2, -0.15) is 4.98 Å². The van der Waals surface area contributed by atoms with Crippen LogP contribution in [0.15, 0.2) is 10.7 Å². The lowest BCUT2D eigenvalue weighted by molar-refractivity contribution is 0.0682. The average molecular weight is 281 g/mol. The summed E-state index contributed by atoms with van der Waals surface area (Å²) in [5, 5.41) is 3.38. The summed E-state index contributed by atoms with van der Waals surface area (Å²) in [6.45, 7) is 8.92. The molecule has 1 aliphatic rings. The van der Waals surface area contributed by atoms with Crippen molar-refractivity contribution in [1.82, 2.24) is 10.3 Å². The third-order valence-electron chi connectivity index (χ3n) is 3.60. The molecule has 0 unspecified atom stereocenters. The molecule has 1 aromatic heterocycles. The summed E-state index contributed by atoms with van der Waals surface area (Å²) in [7, 11) is 2.05. The third kappa shape index (κ3) is 4.80. The number of anilines is 1. The van der Waals surface area contributed by atoms with Gasteiger partial charge in [-0.05, 0) is 31.2 Å². The van der Waals surface area contributed by atoms with Crippen LogP contribution in [0.25, 0.3) is 0 Å². The van der Waals surface area contributed by atoms with Gasteiger partial charge in [-0.15, -0.1) is 0 Å². The van der Waals surface area contributed by atoms with Gasteiger partial charge in [0, 0.05) is 33.4 Å². The molecule has 1 aromatic rings. The summed E-state index contributed by atoms with van der Waals surface area (Å²) < 4.78 is 11.0. The van der Waals surface area contributed by atoms with Crippen LogP contribution in [-0.2, 0) is 11.3 Å². The molecule has 0 spiro atoms. The minimum absolute atomic E-state index is 0.651. The molecule has 1 fully saturated rings. The topological polar surface area (TPSA) is 50.5 Å². The first-order chi connectivity index (χ1) is 9.65. The number of rotatable bonds is 7. The molecule has 2 rings (SSSR count). The maximum atomic E-state index is 5.57. The maximum absolute atomic E-state index is 5.57. The van der Waals surface area contributed by atoms with Gasteiger partial charge in [-0.25, -0.2) is 0 Å². The van der Waals surface area contributed by atoms with Gasteiger partial charge in [0.1, 0.15) is 6.26 Å². The molecule has 2 heterocycles. The minimum atomic E-state index is 0.651. The van der Waals surface area contributed by atoms with Gasteiger partial charge in [0.15, 0.2) is 0 Å². The van der Waals surface area contributed by atoms with Crippen molar-refractivity contribution in [3.05, 3.63) is 12.0 Å². The maximum Gasteiger partial charge on any atom is 0.297 e.